The van der Waals surface area contributed by atoms with Crippen molar-refractivity contribution in [3.8, 4) is 0 Å². The van der Waals surface area contributed by atoms with Crippen LogP contribution in [-0.4, -0.2) is 23.8 Å². The summed E-state index contributed by atoms with van der Waals surface area (Å²) in [7, 11) is 0. The minimum Gasteiger partial charge on any atom is -0.465 e. The highest BCUT2D eigenvalue weighted by molar-refractivity contribution is 5.64. The molecule has 0 bridgehead atoms. The van der Waals surface area contributed by atoms with Gasteiger partial charge in [-0.25, -0.2) is 4.79 Å². The molecule has 4 heteroatoms. The summed E-state index contributed by atoms with van der Waals surface area (Å²) in [4.78, 5) is 10.6. The van der Waals surface area contributed by atoms with Crippen molar-refractivity contribution >= 4 is 6.09 Å². The molecular weight excluding hydrogens is 204 g/mol. The number of nitrogens with one attached hydrogen (secondary N) is 2. The molecule has 1 heterocycles. The molecule has 1 saturated heterocycles. The Morgan fingerprint density at radius 3 is 2.81 bits per heavy atom. The number of piperidine rings is 1. The first kappa shape index (κ1) is 11.0. The van der Waals surface area contributed by atoms with Crippen LogP contribution in [0.4, 0.5) is 4.79 Å². The van der Waals surface area contributed by atoms with Gasteiger partial charge >= 0.3 is 6.09 Å². The van der Waals surface area contributed by atoms with Gasteiger partial charge in [-0.1, -0.05) is 30.3 Å². The number of amides is 1. The lowest BCUT2D eigenvalue weighted by Gasteiger charge is -2.30. The number of hydrogen-bond acceptors (Lipinski definition) is 2. The van der Waals surface area contributed by atoms with E-state index in [1.54, 1.807) is 0 Å². The van der Waals surface area contributed by atoms with Crippen molar-refractivity contribution in [1.29, 1.82) is 0 Å². The van der Waals surface area contributed by atoms with E-state index in [0.29, 0.717) is 0 Å². The van der Waals surface area contributed by atoms with E-state index in [9.17, 15) is 4.79 Å². The predicted octanol–water partition coefficient (Wildman–Crippen LogP) is 1.75. The Labute approximate surface area is 94.7 Å². The summed E-state index contributed by atoms with van der Waals surface area (Å²) in [5.74, 6) is 0. The number of rotatable bonds is 2. The molecule has 1 aliphatic heterocycles. The molecule has 16 heavy (non-hydrogen) atoms. The standard InChI is InChI=1S/C12H16N2O2/c15-12(16)14-10-6-7-13-11(8-10)9-4-2-1-3-5-9/h1-5,10-11,13-14H,6-8H2,(H,15,16)/t10-,11+/m1/s1. The van der Waals surface area contributed by atoms with Crippen molar-refractivity contribution in [1.82, 2.24) is 10.6 Å². The molecule has 0 saturated carbocycles. The van der Waals surface area contributed by atoms with Gasteiger partial charge in [0, 0.05) is 12.1 Å². The van der Waals surface area contributed by atoms with Crippen molar-refractivity contribution in [3.05, 3.63) is 35.9 Å². The van der Waals surface area contributed by atoms with E-state index in [1.165, 1.54) is 5.56 Å². The van der Waals surface area contributed by atoms with E-state index in [2.05, 4.69) is 22.8 Å². The maximum absolute atomic E-state index is 10.6. The third kappa shape index (κ3) is 2.73. The second-order valence-electron chi connectivity index (χ2n) is 4.09. The van der Waals surface area contributed by atoms with Crippen LogP contribution >= 0.6 is 0 Å². The van der Waals surface area contributed by atoms with Crippen LogP contribution in [0.25, 0.3) is 0 Å². The van der Waals surface area contributed by atoms with Gasteiger partial charge in [0.15, 0.2) is 0 Å². The van der Waals surface area contributed by atoms with E-state index >= 15 is 0 Å². The first-order valence-electron chi connectivity index (χ1n) is 5.53. The van der Waals surface area contributed by atoms with E-state index in [4.69, 9.17) is 5.11 Å². The Morgan fingerprint density at radius 1 is 1.38 bits per heavy atom. The fourth-order valence-electron chi connectivity index (χ4n) is 2.16. The zero-order valence-corrected chi connectivity index (χ0v) is 9.02. The van der Waals surface area contributed by atoms with Crippen LogP contribution in [0.3, 0.4) is 0 Å². The summed E-state index contributed by atoms with van der Waals surface area (Å²) in [5, 5.41) is 14.7. The maximum Gasteiger partial charge on any atom is 0.404 e. The van der Waals surface area contributed by atoms with E-state index < -0.39 is 6.09 Å². The van der Waals surface area contributed by atoms with Gasteiger partial charge in [-0.15, -0.1) is 0 Å². The zero-order valence-electron chi connectivity index (χ0n) is 9.02. The molecule has 1 amide bonds. The number of hydrogen-bond donors (Lipinski definition) is 3. The van der Waals surface area contributed by atoms with Crippen molar-refractivity contribution in [2.24, 2.45) is 0 Å². The van der Waals surface area contributed by atoms with Gasteiger partial charge in [-0.3, -0.25) is 0 Å². The van der Waals surface area contributed by atoms with E-state index in [-0.39, 0.29) is 12.1 Å². The molecule has 0 aromatic heterocycles. The van der Waals surface area contributed by atoms with Gasteiger partial charge in [0.1, 0.15) is 0 Å². The monoisotopic (exact) mass is 220 g/mol. The molecule has 4 nitrogen and oxygen atoms in total. The normalized spacial score (nSPS) is 25.0. The van der Waals surface area contributed by atoms with Crippen LogP contribution in [0.1, 0.15) is 24.4 Å². The molecule has 0 spiro atoms. The molecule has 0 unspecified atom stereocenters. The van der Waals surface area contributed by atoms with Gasteiger partial charge in [0.25, 0.3) is 0 Å². The number of benzene rings is 1. The second kappa shape index (κ2) is 4.99. The van der Waals surface area contributed by atoms with Crippen molar-refractivity contribution < 1.29 is 9.90 Å². The third-order valence-electron chi connectivity index (χ3n) is 2.93. The van der Waals surface area contributed by atoms with Gasteiger partial charge in [0.05, 0.1) is 0 Å². The van der Waals surface area contributed by atoms with Crippen molar-refractivity contribution in [2.75, 3.05) is 6.54 Å². The Morgan fingerprint density at radius 2 is 2.12 bits per heavy atom. The van der Waals surface area contributed by atoms with Crippen LogP contribution in [0, 0.1) is 0 Å². The van der Waals surface area contributed by atoms with Crippen LogP contribution < -0.4 is 10.6 Å². The second-order valence-corrected chi connectivity index (χ2v) is 4.09. The third-order valence-corrected chi connectivity index (χ3v) is 2.93. The van der Waals surface area contributed by atoms with E-state index in [0.717, 1.165) is 19.4 Å². The van der Waals surface area contributed by atoms with Crippen LogP contribution in [0.5, 0.6) is 0 Å². The fourth-order valence-corrected chi connectivity index (χ4v) is 2.16. The first-order chi connectivity index (χ1) is 7.75. The van der Waals surface area contributed by atoms with Crippen LogP contribution in [0.2, 0.25) is 0 Å². The van der Waals surface area contributed by atoms with Gasteiger partial charge in [-0.2, -0.15) is 0 Å². The van der Waals surface area contributed by atoms with Crippen LogP contribution in [0.15, 0.2) is 30.3 Å². The van der Waals surface area contributed by atoms with Gasteiger partial charge < -0.3 is 15.7 Å². The highest BCUT2D eigenvalue weighted by Crippen LogP contribution is 2.22. The molecular formula is C12H16N2O2. The Bertz CT molecular complexity index is 353. The summed E-state index contributed by atoms with van der Waals surface area (Å²) in [6.07, 6.45) is 0.741. The average Bonchev–Trinajstić information content (AvgIpc) is 2.30. The average molecular weight is 220 g/mol. The zero-order chi connectivity index (χ0) is 11.4. The maximum atomic E-state index is 10.6. The Kier molecular flexibility index (Phi) is 3.41. The Hall–Kier alpha value is -1.55. The molecule has 1 aliphatic rings. The first-order valence-corrected chi connectivity index (χ1v) is 5.53. The molecule has 2 rings (SSSR count). The Balaban J connectivity index is 1.99. The smallest absolute Gasteiger partial charge is 0.404 e. The number of carbonyl (C=O) groups is 1. The summed E-state index contributed by atoms with van der Waals surface area (Å²) >= 11 is 0. The molecule has 0 aliphatic carbocycles. The molecule has 1 aromatic carbocycles. The van der Waals surface area contributed by atoms with Gasteiger partial charge in [0.2, 0.25) is 0 Å². The molecule has 1 aromatic rings. The minimum atomic E-state index is -0.932. The summed E-state index contributed by atoms with van der Waals surface area (Å²) in [6.45, 7) is 0.852. The summed E-state index contributed by atoms with van der Waals surface area (Å²) < 4.78 is 0. The van der Waals surface area contributed by atoms with Crippen LogP contribution in [-0.2, 0) is 0 Å². The minimum absolute atomic E-state index is 0.0592. The molecule has 0 radical (unpaired) electrons. The predicted molar refractivity (Wildman–Crippen MR) is 61.4 cm³/mol. The lowest BCUT2D eigenvalue weighted by Crippen LogP contribution is -2.43. The fraction of sp³-hybridized carbons (Fsp3) is 0.417. The molecule has 2 atom stereocenters. The van der Waals surface area contributed by atoms with Crippen molar-refractivity contribution in [3.63, 3.8) is 0 Å². The van der Waals surface area contributed by atoms with E-state index in [1.807, 2.05) is 18.2 Å². The quantitative estimate of drug-likeness (QED) is 0.711. The molecule has 3 N–H and O–H groups in total. The molecule has 1 fully saturated rings. The highest BCUT2D eigenvalue weighted by atomic mass is 16.4. The molecule has 86 valence electrons. The summed E-state index contributed by atoms with van der Waals surface area (Å²) in [5.41, 5.74) is 1.22. The highest BCUT2D eigenvalue weighted by Gasteiger charge is 2.23. The lowest BCUT2D eigenvalue weighted by atomic mass is 9.94. The largest absolute Gasteiger partial charge is 0.465 e. The van der Waals surface area contributed by atoms with Gasteiger partial charge in [-0.05, 0) is 24.9 Å². The summed E-state index contributed by atoms with van der Waals surface area (Å²) in [6, 6.07) is 10.5. The number of carboxylic acid groups (broad SMARTS) is 1. The SMILES string of the molecule is O=C(O)N[C@@H]1CCN[C@H](c2ccccc2)C1. The topological polar surface area (TPSA) is 61.4 Å². The van der Waals surface area contributed by atoms with Crippen molar-refractivity contribution in [2.45, 2.75) is 24.9 Å². The lowest BCUT2D eigenvalue weighted by molar-refractivity contribution is 0.184.